The van der Waals surface area contributed by atoms with Crippen LogP contribution in [-0.2, 0) is 12.1 Å². The van der Waals surface area contributed by atoms with E-state index in [4.69, 9.17) is 9.47 Å². The lowest BCUT2D eigenvalue weighted by Crippen LogP contribution is -2.35. The molecular formula is C20H25NO2. The van der Waals surface area contributed by atoms with Crippen molar-refractivity contribution in [1.29, 1.82) is 0 Å². The van der Waals surface area contributed by atoms with Gasteiger partial charge in [0.15, 0.2) is 11.5 Å². The molecule has 3 rings (SSSR count). The van der Waals surface area contributed by atoms with E-state index in [2.05, 4.69) is 69.4 Å². The predicted molar refractivity (Wildman–Crippen MR) is 93.0 cm³/mol. The Morgan fingerprint density at radius 1 is 1.00 bits per heavy atom. The van der Waals surface area contributed by atoms with Crippen molar-refractivity contribution >= 4 is 0 Å². The Morgan fingerprint density at radius 3 is 2.39 bits per heavy atom. The van der Waals surface area contributed by atoms with Gasteiger partial charge in [-0.3, -0.25) is 0 Å². The van der Waals surface area contributed by atoms with E-state index in [1.165, 1.54) is 16.7 Å². The molecule has 0 saturated heterocycles. The fourth-order valence-electron chi connectivity index (χ4n) is 2.73. The Hall–Kier alpha value is -2.00. The van der Waals surface area contributed by atoms with Gasteiger partial charge in [-0.1, -0.05) is 44.2 Å². The number of hydrogen-bond donors (Lipinski definition) is 1. The average Bonchev–Trinajstić information content (AvgIpc) is 3.01. The molecule has 0 atom stereocenters. The summed E-state index contributed by atoms with van der Waals surface area (Å²) in [6.07, 6.45) is 0. The first-order chi connectivity index (χ1) is 11.0. The zero-order chi connectivity index (χ0) is 16.4. The van der Waals surface area contributed by atoms with Crippen LogP contribution in [0.3, 0.4) is 0 Å². The van der Waals surface area contributed by atoms with Gasteiger partial charge in [0.05, 0.1) is 0 Å². The molecule has 0 radical (unpaired) electrons. The van der Waals surface area contributed by atoms with Crippen molar-refractivity contribution in [3.63, 3.8) is 0 Å². The molecule has 0 aromatic heterocycles. The Labute approximate surface area is 138 Å². The highest BCUT2D eigenvalue weighted by Gasteiger charge is 2.23. The normalized spacial score (nSPS) is 13.6. The molecule has 3 nitrogen and oxygen atoms in total. The minimum Gasteiger partial charge on any atom is -0.454 e. The van der Waals surface area contributed by atoms with Crippen molar-refractivity contribution in [2.75, 3.05) is 6.79 Å². The maximum Gasteiger partial charge on any atom is 0.231 e. The molecule has 122 valence electrons. The molecule has 0 fully saturated rings. The van der Waals surface area contributed by atoms with Gasteiger partial charge in [0.1, 0.15) is 0 Å². The molecule has 1 aliphatic heterocycles. The third-order valence-electron chi connectivity index (χ3n) is 4.48. The zero-order valence-electron chi connectivity index (χ0n) is 14.3. The molecule has 23 heavy (non-hydrogen) atoms. The lowest BCUT2D eigenvalue weighted by Gasteiger charge is -2.27. The summed E-state index contributed by atoms with van der Waals surface area (Å²) in [6, 6.07) is 15.0. The van der Waals surface area contributed by atoms with Crippen LogP contribution in [0.15, 0.2) is 42.5 Å². The fraction of sp³-hybridized carbons (Fsp3) is 0.400. The van der Waals surface area contributed by atoms with Crippen LogP contribution in [0.4, 0.5) is 0 Å². The van der Waals surface area contributed by atoms with E-state index >= 15 is 0 Å². The third kappa shape index (κ3) is 3.50. The number of benzene rings is 2. The minimum absolute atomic E-state index is 0.141. The van der Waals surface area contributed by atoms with Crippen LogP contribution in [0.25, 0.3) is 0 Å². The number of nitrogens with one attached hydrogen (secondary N) is 1. The molecule has 2 aromatic rings. The quantitative estimate of drug-likeness (QED) is 0.878. The first-order valence-electron chi connectivity index (χ1n) is 8.20. The highest BCUT2D eigenvalue weighted by atomic mass is 16.7. The highest BCUT2D eigenvalue weighted by molar-refractivity contribution is 5.46. The van der Waals surface area contributed by atoms with Crippen LogP contribution >= 0.6 is 0 Å². The standard InChI is InChI=1S/C20H25NO2/c1-14(2)16-7-5-15(6-8-16)12-21-20(3,4)17-9-10-18-19(11-17)23-13-22-18/h5-11,14,21H,12-13H2,1-4H3. The Bertz CT molecular complexity index is 675. The molecule has 3 heteroatoms. The van der Waals surface area contributed by atoms with Gasteiger partial charge >= 0.3 is 0 Å². The van der Waals surface area contributed by atoms with Crippen LogP contribution in [0.5, 0.6) is 11.5 Å². The molecule has 0 bridgehead atoms. The molecule has 0 amide bonds. The summed E-state index contributed by atoms with van der Waals surface area (Å²) in [5.41, 5.74) is 3.73. The number of fused-ring (bicyclic) bond motifs is 1. The number of rotatable bonds is 5. The van der Waals surface area contributed by atoms with Gasteiger partial charge in [-0.15, -0.1) is 0 Å². The maximum absolute atomic E-state index is 5.48. The molecule has 1 aliphatic rings. The molecule has 0 spiro atoms. The first-order valence-corrected chi connectivity index (χ1v) is 8.20. The van der Waals surface area contributed by atoms with E-state index in [-0.39, 0.29) is 5.54 Å². The van der Waals surface area contributed by atoms with Crippen molar-refractivity contribution in [2.45, 2.75) is 45.7 Å². The van der Waals surface area contributed by atoms with Gasteiger partial charge < -0.3 is 14.8 Å². The van der Waals surface area contributed by atoms with Crippen molar-refractivity contribution in [1.82, 2.24) is 5.32 Å². The van der Waals surface area contributed by atoms with Crippen LogP contribution in [-0.4, -0.2) is 6.79 Å². The van der Waals surface area contributed by atoms with Crippen molar-refractivity contribution < 1.29 is 9.47 Å². The molecule has 1 N–H and O–H groups in total. The van der Waals surface area contributed by atoms with Crippen molar-refractivity contribution in [3.8, 4) is 11.5 Å². The van der Waals surface area contributed by atoms with E-state index in [9.17, 15) is 0 Å². The van der Waals surface area contributed by atoms with Crippen LogP contribution in [0, 0.1) is 0 Å². The van der Waals surface area contributed by atoms with Crippen molar-refractivity contribution in [2.24, 2.45) is 0 Å². The summed E-state index contributed by atoms with van der Waals surface area (Å²) in [4.78, 5) is 0. The van der Waals surface area contributed by atoms with Gasteiger partial charge in [0, 0.05) is 12.1 Å². The Balaban J connectivity index is 1.68. The summed E-state index contributed by atoms with van der Waals surface area (Å²) in [6.45, 7) is 9.96. The zero-order valence-corrected chi connectivity index (χ0v) is 14.3. The average molecular weight is 311 g/mol. The van der Waals surface area contributed by atoms with Gasteiger partial charge in [-0.05, 0) is 48.6 Å². The smallest absolute Gasteiger partial charge is 0.231 e. The lowest BCUT2D eigenvalue weighted by atomic mass is 9.93. The van der Waals surface area contributed by atoms with Gasteiger partial charge in [-0.2, -0.15) is 0 Å². The van der Waals surface area contributed by atoms with Crippen molar-refractivity contribution in [3.05, 3.63) is 59.2 Å². The van der Waals surface area contributed by atoms with E-state index in [1.54, 1.807) is 0 Å². The summed E-state index contributed by atoms with van der Waals surface area (Å²) < 4.78 is 10.9. The van der Waals surface area contributed by atoms with Gasteiger partial charge in [0.25, 0.3) is 0 Å². The number of ether oxygens (including phenoxy) is 2. The Morgan fingerprint density at radius 2 is 1.70 bits per heavy atom. The first kappa shape index (κ1) is 15.9. The van der Waals surface area contributed by atoms with E-state index in [0.29, 0.717) is 12.7 Å². The van der Waals surface area contributed by atoms with E-state index in [0.717, 1.165) is 18.0 Å². The third-order valence-corrected chi connectivity index (χ3v) is 4.48. The maximum atomic E-state index is 5.48. The highest BCUT2D eigenvalue weighted by Crippen LogP contribution is 2.35. The van der Waals surface area contributed by atoms with Crippen LogP contribution in [0.1, 0.15) is 50.3 Å². The monoisotopic (exact) mass is 311 g/mol. The molecule has 0 unspecified atom stereocenters. The predicted octanol–water partition coefficient (Wildman–Crippen LogP) is 4.56. The largest absolute Gasteiger partial charge is 0.454 e. The summed E-state index contributed by atoms with van der Waals surface area (Å²) >= 11 is 0. The molecule has 2 aromatic carbocycles. The van der Waals surface area contributed by atoms with E-state index in [1.807, 2.05) is 6.07 Å². The topological polar surface area (TPSA) is 30.5 Å². The van der Waals surface area contributed by atoms with Gasteiger partial charge in [-0.25, -0.2) is 0 Å². The lowest BCUT2D eigenvalue weighted by molar-refractivity contribution is 0.174. The SMILES string of the molecule is CC(C)c1ccc(CNC(C)(C)c2ccc3c(c2)OCO3)cc1. The second kappa shape index (κ2) is 6.25. The molecule has 1 heterocycles. The second-order valence-corrected chi connectivity index (χ2v) is 6.94. The van der Waals surface area contributed by atoms with E-state index < -0.39 is 0 Å². The minimum atomic E-state index is -0.141. The summed E-state index contributed by atoms with van der Waals surface area (Å²) in [7, 11) is 0. The van der Waals surface area contributed by atoms with Crippen LogP contribution in [0.2, 0.25) is 0 Å². The molecular weight excluding hydrogens is 286 g/mol. The summed E-state index contributed by atoms with van der Waals surface area (Å²) in [5, 5.41) is 3.64. The van der Waals surface area contributed by atoms with Gasteiger partial charge in [0.2, 0.25) is 6.79 Å². The molecule has 0 saturated carbocycles. The summed E-state index contributed by atoms with van der Waals surface area (Å²) in [5.74, 6) is 2.23. The molecule has 0 aliphatic carbocycles. The fourth-order valence-corrected chi connectivity index (χ4v) is 2.73. The second-order valence-electron chi connectivity index (χ2n) is 6.94. The van der Waals surface area contributed by atoms with Crippen LogP contribution < -0.4 is 14.8 Å². The Kier molecular flexibility index (Phi) is 4.31. The number of hydrogen-bond acceptors (Lipinski definition) is 3.